The fourth-order valence-electron chi connectivity index (χ4n) is 3.60. The molecule has 7 nitrogen and oxygen atoms in total. The van der Waals surface area contributed by atoms with Gasteiger partial charge in [0, 0.05) is 17.5 Å². The lowest BCUT2D eigenvalue weighted by molar-refractivity contribution is -0.136. The lowest BCUT2D eigenvalue weighted by atomic mass is 10.0. The van der Waals surface area contributed by atoms with Crippen molar-refractivity contribution in [3.63, 3.8) is 0 Å². The van der Waals surface area contributed by atoms with Crippen LogP contribution in [0.2, 0.25) is 0 Å². The number of terminal acetylenes is 1. The molecule has 0 aliphatic carbocycles. The molecule has 0 radical (unpaired) electrons. The van der Waals surface area contributed by atoms with Gasteiger partial charge in [0.15, 0.2) is 0 Å². The highest BCUT2D eigenvalue weighted by Gasteiger charge is 2.35. The molecule has 3 aromatic rings. The Morgan fingerprint density at radius 2 is 1.64 bits per heavy atom. The van der Waals surface area contributed by atoms with Gasteiger partial charge in [-0.2, -0.15) is 12.6 Å². The van der Waals surface area contributed by atoms with Gasteiger partial charge in [-0.05, 0) is 49.2 Å². The number of thiol groups is 1. The zero-order valence-electron chi connectivity index (χ0n) is 20.4. The maximum absolute atomic E-state index is 13.5. The molecule has 0 aromatic heterocycles. The molecule has 0 aliphatic rings. The van der Waals surface area contributed by atoms with Crippen LogP contribution in [0.5, 0.6) is 0 Å². The molecule has 0 aliphatic heterocycles. The molecule has 186 valence electrons. The van der Waals surface area contributed by atoms with Crippen LogP contribution >= 0.6 is 12.6 Å². The monoisotopic (exact) mass is 503 g/mol. The number of amides is 3. The van der Waals surface area contributed by atoms with Crippen molar-refractivity contribution in [3.05, 3.63) is 78.4 Å². The fraction of sp³-hybridized carbons (Fsp3) is 0.250. The lowest BCUT2D eigenvalue weighted by Crippen LogP contribution is -2.51. The first-order valence-electron chi connectivity index (χ1n) is 11.4. The van der Waals surface area contributed by atoms with E-state index in [1.807, 2.05) is 36.4 Å². The van der Waals surface area contributed by atoms with Crippen LogP contribution in [-0.4, -0.2) is 40.2 Å². The molecule has 36 heavy (non-hydrogen) atoms. The van der Waals surface area contributed by atoms with Crippen molar-refractivity contribution in [2.45, 2.75) is 38.5 Å². The number of rotatable bonds is 7. The predicted octanol–water partition coefficient (Wildman–Crippen LogP) is 4.76. The van der Waals surface area contributed by atoms with Crippen LogP contribution in [-0.2, 0) is 14.3 Å². The van der Waals surface area contributed by atoms with E-state index < -0.39 is 35.6 Å². The van der Waals surface area contributed by atoms with E-state index >= 15 is 0 Å². The first-order chi connectivity index (χ1) is 17.1. The molecular formula is C28H29N3O4S. The molecule has 3 aromatic carbocycles. The number of nitrogens with one attached hydrogen (secondary N) is 2. The topological polar surface area (TPSA) is 87.7 Å². The molecule has 3 rings (SSSR count). The molecule has 2 atom stereocenters. The number of carbonyl (C=O) groups excluding carboxylic acids is 3. The number of ether oxygens (including phenoxy) is 1. The molecule has 0 fully saturated rings. The van der Waals surface area contributed by atoms with E-state index in [1.54, 1.807) is 57.2 Å². The van der Waals surface area contributed by atoms with Crippen molar-refractivity contribution in [1.29, 1.82) is 0 Å². The average molecular weight is 504 g/mol. The maximum atomic E-state index is 13.5. The van der Waals surface area contributed by atoms with Crippen LogP contribution in [0.15, 0.2) is 72.8 Å². The molecule has 8 heteroatoms. The average Bonchev–Trinajstić information content (AvgIpc) is 2.84. The number of fused-ring (bicyclic) bond motifs is 1. The third-order valence-corrected chi connectivity index (χ3v) is 5.55. The van der Waals surface area contributed by atoms with E-state index in [1.165, 1.54) is 0 Å². The Labute approximate surface area is 216 Å². The number of anilines is 1. The van der Waals surface area contributed by atoms with Gasteiger partial charge in [-0.25, -0.2) is 4.79 Å². The lowest BCUT2D eigenvalue weighted by Gasteiger charge is -2.30. The molecule has 0 heterocycles. The number of benzene rings is 3. The van der Waals surface area contributed by atoms with Crippen LogP contribution in [0.1, 0.15) is 32.4 Å². The number of carbonyl (C=O) groups is 3. The number of alkyl carbamates (subject to hydrolysis) is 1. The molecule has 0 bridgehead atoms. The second-order valence-corrected chi connectivity index (χ2v) is 9.45. The van der Waals surface area contributed by atoms with Crippen LogP contribution in [0.4, 0.5) is 10.5 Å². The Bertz CT molecular complexity index is 1280. The summed E-state index contributed by atoms with van der Waals surface area (Å²) in [4.78, 5) is 40.3. The van der Waals surface area contributed by atoms with Gasteiger partial charge in [-0.3, -0.25) is 14.5 Å². The third kappa shape index (κ3) is 6.80. The van der Waals surface area contributed by atoms with Crippen LogP contribution in [0, 0.1) is 12.5 Å². The van der Waals surface area contributed by atoms with E-state index in [4.69, 9.17) is 11.2 Å². The van der Waals surface area contributed by atoms with Gasteiger partial charge in [0.2, 0.25) is 0 Å². The predicted molar refractivity (Wildman–Crippen MR) is 144 cm³/mol. The van der Waals surface area contributed by atoms with Gasteiger partial charge in [0.1, 0.15) is 17.7 Å². The summed E-state index contributed by atoms with van der Waals surface area (Å²) in [5, 5.41) is 7.35. The Balaban J connectivity index is 1.90. The maximum Gasteiger partial charge on any atom is 0.408 e. The largest absolute Gasteiger partial charge is 0.444 e. The van der Waals surface area contributed by atoms with E-state index in [0.717, 1.165) is 15.7 Å². The minimum Gasteiger partial charge on any atom is -0.444 e. The van der Waals surface area contributed by atoms with Crippen LogP contribution in [0.25, 0.3) is 10.8 Å². The first-order valence-corrected chi connectivity index (χ1v) is 12.0. The van der Waals surface area contributed by atoms with Gasteiger partial charge < -0.3 is 15.4 Å². The van der Waals surface area contributed by atoms with Crippen molar-refractivity contribution in [2.75, 3.05) is 11.1 Å². The summed E-state index contributed by atoms with van der Waals surface area (Å²) < 4.78 is 5.25. The van der Waals surface area contributed by atoms with Gasteiger partial charge in [0.25, 0.3) is 11.8 Å². The Morgan fingerprint density at radius 1 is 1.00 bits per heavy atom. The smallest absolute Gasteiger partial charge is 0.408 e. The minimum absolute atomic E-state index is 0.0515. The Kier molecular flexibility index (Phi) is 8.62. The van der Waals surface area contributed by atoms with Crippen molar-refractivity contribution in [3.8, 4) is 12.5 Å². The van der Waals surface area contributed by atoms with E-state index in [0.29, 0.717) is 11.3 Å². The standard InChI is InChI=1S/C28H29N3O4S/c1-5-31(26(33)23(18-36)30-27(34)35-28(2,3)4)24(20-12-7-6-8-13-20)25(32)29-22-16-15-19-11-9-10-14-21(19)17-22/h1,6-17,23-24,36H,18H2,2-4H3,(H,29,32)(H,30,34). The summed E-state index contributed by atoms with van der Waals surface area (Å²) >= 11 is 4.21. The molecule has 3 amide bonds. The SMILES string of the molecule is C#CN(C(=O)C(CS)NC(=O)OC(C)(C)C)C(C(=O)Nc1ccc2ccccc2c1)c1ccccc1. The highest BCUT2D eigenvalue weighted by molar-refractivity contribution is 7.80. The van der Waals surface area contributed by atoms with Crippen molar-refractivity contribution in [2.24, 2.45) is 0 Å². The van der Waals surface area contributed by atoms with Crippen LogP contribution < -0.4 is 10.6 Å². The molecule has 0 saturated carbocycles. The molecule has 0 saturated heterocycles. The van der Waals surface area contributed by atoms with Gasteiger partial charge in [0.05, 0.1) is 0 Å². The van der Waals surface area contributed by atoms with Gasteiger partial charge in [-0.1, -0.05) is 67.1 Å². The third-order valence-electron chi connectivity index (χ3n) is 5.19. The molecule has 2 N–H and O–H groups in total. The Hall–Kier alpha value is -3.96. The summed E-state index contributed by atoms with van der Waals surface area (Å²) in [6.45, 7) is 5.13. The summed E-state index contributed by atoms with van der Waals surface area (Å²) in [6.07, 6.45) is 4.96. The second-order valence-electron chi connectivity index (χ2n) is 9.08. The summed E-state index contributed by atoms with van der Waals surface area (Å²) in [5.41, 5.74) is 0.311. The van der Waals surface area contributed by atoms with Crippen molar-refractivity contribution >= 4 is 47.0 Å². The molecule has 2 unspecified atom stereocenters. The number of hydrogen-bond donors (Lipinski definition) is 3. The molecule has 0 spiro atoms. The zero-order chi connectivity index (χ0) is 26.3. The van der Waals surface area contributed by atoms with Crippen LogP contribution in [0.3, 0.4) is 0 Å². The Morgan fingerprint density at radius 3 is 2.25 bits per heavy atom. The quantitative estimate of drug-likeness (QED) is 0.246. The second kappa shape index (κ2) is 11.6. The minimum atomic E-state index is -1.15. The molecular weight excluding hydrogens is 474 g/mol. The first kappa shape index (κ1) is 26.6. The summed E-state index contributed by atoms with van der Waals surface area (Å²) in [7, 11) is 0. The van der Waals surface area contributed by atoms with Gasteiger partial charge in [-0.15, -0.1) is 0 Å². The summed E-state index contributed by atoms with van der Waals surface area (Å²) in [6, 6.07) is 22.1. The normalized spacial score (nSPS) is 12.6. The highest BCUT2D eigenvalue weighted by Crippen LogP contribution is 2.25. The number of nitrogens with zero attached hydrogens (tertiary/aromatic N) is 1. The van der Waals surface area contributed by atoms with E-state index in [-0.39, 0.29) is 5.75 Å². The van der Waals surface area contributed by atoms with E-state index in [9.17, 15) is 14.4 Å². The van der Waals surface area contributed by atoms with Gasteiger partial charge >= 0.3 is 6.09 Å². The van der Waals surface area contributed by atoms with Crippen molar-refractivity contribution < 1.29 is 19.1 Å². The number of hydrogen-bond acceptors (Lipinski definition) is 5. The van der Waals surface area contributed by atoms with Crippen molar-refractivity contribution in [1.82, 2.24) is 10.2 Å². The van der Waals surface area contributed by atoms with E-state index in [2.05, 4.69) is 29.3 Å². The fourth-order valence-corrected chi connectivity index (χ4v) is 3.85. The summed E-state index contributed by atoms with van der Waals surface area (Å²) in [5.74, 6) is -1.22. The highest BCUT2D eigenvalue weighted by atomic mass is 32.1. The zero-order valence-corrected chi connectivity index (χ0v) is 21.3.